The molecular weight excluding hydrogens is 316 g/mol. The van der Waals surface area contributed by atoms with E-state index in [9.17, 15) is 9.59 Å². The molecule has 0 saturated carbocycles. The zero-order valence-corrected chi connectivity index (χ0v) is 13.1. The van der Waals surface area contributed by atoms with E-state index >= 15 is 0 Å². The van der Waals surface area contributed by atoms with E-state index in [1.807, 2.05) is 19.1 Å². The van der Waals surface area contributed by atoms with Gasteiger partial charge < -0.3 is 4.74 Å². The Morgan fingerprint density at radius 2 is 1.96 bits per heavy atom. The highest BCUT2D eigenvalue weighted by atomic mass is 35.5. The van der Waals surface area contributed by atoms with Gasteiger partial charge in [0.25, 0.3) is 5.56 Å². The number of rotatable bonds is 3. The van der Waals surface area contributed by atoms with Crippen LogP contribution in [0.15, 0.2) is 53.5 Å². The summed E-state index contributed by atoms with van der Waals surface area (Å²) in [7, 11) is 0. The maximum atomic E-state index is 12.0. The number of fused-ring (bicyclic) bond motifs is 1. The molecule has 0 aliphatic heterocycles. The summed E-state index contributed by atoms with van der Waals surface area (Å²) in [6, 6.07) is 11.7. The summed E-state index contributed by atoms with van der Waals surface area (Å²) in [6.45, 7) is 1.87. The van der Waals surface area contributed by atoms with E-state index in [0.29, 0.717) is 21.9 Å². The fraction of sp³-hybridized carbons (Fsp3) is 0.118. The molecule has 0 fully saturated rings. The molecule has 0 radical (unpaired) electrons. The van der Waals surface area contributed by atoms with E-state index in [0.717, 1.165) is 5.56 Å². The topological polar surface area (TPSA) is 60.7 Å². The van der Waals surface area contributed by atoms with Crippen LogP contribution in [-0.4, -0.2) is 15.4 Å². The number of pyridine rings is 1. The SMILES string of the molecule is Cc1ccc(C(=O)OCc2cc(=O)n3cc(Cl)ccc3n2)cc1. The van der Waals surface area contributed by atoms with Gasteiger partial charge in [0.05, 0.1) is 16.3 Å². The molecule has 0 N–H and O–H groups in total. The van der Waals surface area contributed by atoms with Gasteiger partial charge in [-0.05, 0) is 31.2 Å². The van der Waals surface area contributed by atoms with Crippen molar-refractivity contribution in [2.24, 2.45) is 0 Å². The Bertz CT molecular complexity index is 933. The van der Waals surface area contributed by atoms with Crippen LogP contribution in [0.3, 0.4) is 0 Å². The molecule has 3 rings (SSSR count). The molecule has 5 nitrogen and oxygen atoms in total. The van der Waals surface area contributed by atoms with Gasteiger partial charge in [0.1, 0.15) is 12.3 Å². The molecule has 116 valence electrons. The Morgan fingerprint density at radius 1 is 1.22 bits per heavy atom. The number of halogens is 1. The minimum Gasteiger partial charge on any atom is -0.456 e. The zero-order chi connectivity index (χ0) is 16.4. The van der Waals surface area contributed by atoms with Gasteiger partial charge in [-0.2, -0.15) is 0 Å². The molecule has 3 aromatic rings. The third-order valence-electron chi connectivity index (χ3n) is 3.31. The van der Waals surface area contributed by atoms with Crippen LogP contribution in [0.5, 0.6) is 0 Å². The summed E-state index contributed by atoms with van der Waals surface area (Å²) in [5, 5.41) is 0.444. The van der Waals surface area contributed by atoms with Crippen LogP contribution in [-0.2, 0) is 11.3 Å². The van der Waals surface area contributed by atoms with E-state index in [2.05, 4.69) is 4.98 Å². The first-order chi connectivity index (χ1) is 11.0. The molecule has 0 bridgehead atoms. The van der Waals surface area contributed by atoms with Gasteiger partial charge in [-0.1, -0.05) is 29.3 Å². The van der Waals surface area contributed by atoms with E-state index in [4.69, 9.17) is 16.3 Å². The number of esters is 1. The Kier molecular flexibility index (Phi) is 4.12. The largest absolute Gasteiger partial charge is 0.456 e. The number of aryl methyl sites for hydroxylation is 1. The van der Waals surface area contributed by atoms with Crippen molar-refractivity contribution in [1.82, 2.24) is 9.38 Å². The number of aromatic nitrogens is 2. The number of carbonyl (C=O) groups is 1. The molecule has 0 aliphatic rings. The summed E-state index contributed by atoms with van der Waals surface area (Å²) in [5.74, 6) is -0.455. The maximum Gasteiger partial charge on any atom is 0.338 e. The summed E-state index contributed by atoms with van der Waals surface area (Å²) in [5.41, 5.74) is 2.07. The Labute approximate surface area is 137 Å². The van der Waals surface area contributed by atoms with Crippen molar-refractivity contribution >= 4 is 23.2 Å². The van der Waals surface area contributed by atoms with Crippen LogP contribution in [0.4, 0.5) is 0 Å². The Morgan fingerprint density at radius 3 is 2.70 bits per heavy atom. The van der Waals surface area contributed by atoms with Gasteiger partial charge in [0.2, 0.25) is 0 Å². The van der Waals surface area contributed by atoms with Crippen LogP contribution in [0.2, 0.25) is 5.02 Å². The highest BCUT2D eigenvalue weighted by Crippen LogP contribution is 2.10. The predicted octanol–water partition coefficient (Wildman–Crippen LogP) is 3.01. The number of ether oxygens (including phenoxy) is 1. The molecule has 23 heavy (non-hydrogen) atoms. The lowest BCUT2D eigenvalue weighted by Gasteiger charge is -2.06. The average Bonchev–Trinajstić information content (AvgIpc) is 2.54. The molecular formula is C17H13ClN2O3. The van der Waals surface area contributed by atoms with Gasteiger partial charge >= 0.3 is 5.97 Å². The number of hydrogen-bond donors (Lipinski definition) is 0. The second-order valence-electron chi connectivity index (χ2n) is 5.10. The smallest absolute Gasteiger partial charge is 0.338 e. The summed E-state index contributed by atoms with van der Waals surface area (Å²) in [6.07, 6.45) is 1.49. The molecule has 0 amide bonds. The monoisotopic (exact) mass is 328 g/mol. The van der Waals surface area contributed by atoms with E-state index < -0.39 is 5.97 Å². The quantitative estimate of drug-likeness (QED) is 0.693. The highest BCUT2D eigenvalue weighted by Gasteiger charge is 2.09. The van der Waals surface area contributed by atoms with Crippen LogP contribution < -0.4 is 5.56 Å². The molecule has 0 spiro atoms. The third kappa shape index (κ3) is 3.40. The number of nitrogens with zero attached hydrogens (tertiary/aromatic N) is 2. The molecule has 0 aliphatic carbocycles. The molecule has 0 saturated heterocycles. The number of benzene rings is 1. The minimum absolute atomic E-state index is 0.0684. The zero-order valence-electron chi connectivity index (χ0n) is 12.3. The summed E-state index contributed by atoms with van der Waals surface area (Å²) < 4.78 is 6.55. The van der Waals surface area contributed by atoms with E-state index in [1.54, 1.807) is 24.3 Å². The van der Waals surface area contributed by atoms with Crippen molar-refractivity contribution in [2.45, 2.75) is 13.5 Å². The van der Waals surface area contributed by atoms with E-state index in [-0.39, 0.29) is 12.2 Å². The van der Waals surface area contributed by atoms with Crippen molar-refractivity contribution in [3.8, 4) is 0 Å². The molecule has 0 atom stereocenters. The summed E-state index contributed by atoms with van der Waals surface area (Å²) >= 11 is 5.86. The van der Waals surface area contributed by atoms with Crippen LogP contribution in [0.1, 0.15) is 21.6 Å². The van der Waals surface area contributed by atoms with Crippen LogP contribution in [0, 0.1) is 6.92 Å². The van der Waals surface area contributed by atoms with Gasteiger partial charge in [-0.15, -0.1) is 0 Å². The Balaban J connectivity index is 1.79. The second-order valence-corrected chi connectivity index (χ2v) is 5.54. The highest BCUT2D eigenvalue weighted by molar-refractivity contribution is 6.30. The van der Waals surface area contributed by atoms with Gasteiger partial charge in [0.15, 0.2) is 0 Å². The van der Waals surface area contributed by atoms with Crippen molar-refractivity contribution in [1.29, 1.82) is 0 Å². The summed E-state index contributed by atoms with van der Waals surface area (Å²) in [4.78, 5) is 28.3. The standard InChI is InChI=1S/C17H13ClN2O3/c1-11-2-4-12(5-3-11)17(22)23-10-14-8-16(21)20-9-13(18)6-7-15(20)19-14/h2-9H,10H2,1H3. The molecule has 2 heterocycles. The van der Waals surface area contributed by atoms with Crippen molar-refractivity contribution in [3.63, 3.8) is 0 Å². The first-order valence-electron chi connectivity index (χ1n) is 6.94. The van der Waals surface area contributed by atoms with Crippen LogP contribution >= 0.6 is 11.6 Å². The Hall–Kier alpha value is -2.66. The van der Waals surface area contributed by atoms with Gasteiger partial charge in [-0.3, -0.25) is 9.20 Å². The average molecular weight is 329 g/mol. The molecule has 1 aromatic carbocycles. The van der Waals surface area contributed by atoms with Crippen LogP contribution in [0.25, 0.3) is 5.65 Å². The van der Waals surface area contributed by atoms with Gasteiger partial charge in [-0.25, -0.2) is 9.78 Å². The van der Waals surface area contributed by atoms with Crippen molar-refractivity contribution in [2.75, 3.05) is 0 Å². The molecule has 2 aromatic heterocycles. The maximum absolute atomic E-state index is 12.0. The number of hydrogen-bond acceptors (Lipinski definition) is 4. The first-order valence-corrected chi connectivity index (χ1v) is 7.32. The van der Waals surface area contributed by atoms with Crippen molar-refractivity contribution in [3.05, 3.63) is 80.9 Å². The predicted molar refractivity (Wildman–Crippen MR) is 86.8 cm³/mol. The van der Waals surface area contributed by atoms with Gasteiger partial charge in [0, 0.05) is 12.3 Å². The van der Waals surface area contributed by atoms with E-state index in [1.165, 1.54) is 16.7 Å². The lowest BCUT2D eigenvalue weighted by atomic mass is 10.1. The molecule has 6 heteroatoms. The minimum atomic E-state index is -0.455. The third-order valence-corrected chi connectivity index (χ3v) is 3.54. The molecule has 0 unspecified atom stereocenters. The lowest BCUT2D eigenvalue weighted by Crippen LogP contribution is -2.16. The normalized spacial score (nSPS) is 10.7. The lowest BCUT2D eigenvalue weighted by molar-refractivity contribution is 0.0467. The van der Waals surface area contributed by atoms with Crippen molar-refractivity contribution < 1.29 is 9.53 Å². The fourth-order valence-corrected chi connectivity index (χ4v) is 2.27. The second kappa shape index (κ2) is 6.22. The fourth-order valence-electron chi connectivity index (χ4n) is 2.11. The number of carbonyl (C=O) groups excluding carboxylic acids is 1. The first kappa shape index (κ1) is 15.2.